The van der Waals surface area contributed by atoms with Gasteiger partial charge in [0, 0.05) is 0 Å². The summed E-state index contributed by atoms with van der Waals surface area (Å²) in [5.74, 6) is -0.221. The van der Waals surface area contributed by atoms with E-state index in [1.165, 1.54) is 0 Å². The average Bonchev–Trinajstić information content (AvgIpc) is 2.40. The zero-order valence-electron chi connectivity index (χ0n) is 13.1. The predicted octanol–water partition coefficient (Wildman–Crippen LogP) is 3.93. The number of rotatable bonds is 5. The first-order chi connectivity index (χ1) is 10.0. The Morgan fingerprint density at radius 3 is 2.33 bits per heavy atom. The molecule has 0 saturated heterocycles. The molecule has 1 aliphatic rings. The van der Waals surface area contributed by atoms with E-state index < -0.39 is 0 Å². The molecule has 0 heterocycles. The highest BCUT2D eigenvalue weighted by Gasteiger charge is 2.39. The number of carbonyl (C=O) groups excluding carboxylic acids is 1. The zero-order valence-corrected chi connectivity index (χ0v) is 13.1. The Bertz CT molecular complexity index is 535. The van der Waals surface area contributed by atoms with Crippen molar-refractivity contribution in [1.29, 1.82) is 5.26 Å². The maximum absolute atomic E-state index is 12.1. The molecule has 1 fully saturated rings. The van der Waals surface area contributed by atoms with Gasteiger partial charge in [-0.15, -0.1) is 0 Å². The molecule has 0 N–H and O–H groups in total. The van der Waals surface area contributed by atoms with Gasteiger partial charge in [0.2, 0.25) is 0 Å². The molecule has 0 aromatic heterocycles. The topological polar surface area (TPSA) is 50.1 Å². The molecule has 0 aliphatic heterocycles. The first-order valence-electron chi connectivity index (χ1n) is 7.72. The number of benzene rings is 1. The SMILES string of the molecule is CCOC(=O)C(c1ccc(C2(C#N)CCC2)cc1)C(C)C. The third-order valence-corrected chi connectivity index (χ3v) is 4.45. The number of esters is 1. The fraction of sp³-hybridized carbons (Fsp3) is 0.556. The molecule has 21 heavy (non-hydrogen) atoms. The molecule has 112 valence electrons. The molecule has 1 atom stereocenters. The molecule has 1 aromatic carbocycles. The number of nitrogens with zero attached hydrogens (tertiary/aromatic N) is 1. The van der Waals surface area contributed by atoms with E-state index in [0.717, 1.165) is 30.4 Å². The minimum atomic E-state index is -0.296. The van der Waals surface area contributed by atoms with Gasteiger partial charge in [0.15, 0.2) is 0 Å². The number of hydrogen-bond acceptors (Lipinski definition) is 3. The Kier molecular flexibility index (Phi) is 4.67. The van der Waals surface area contributed by atoms with Gasteiger partial charge in [0.25, 0.3) is 0 Å². The van der Waals surface area contributed by atoms with Crippen molar-refractivity contribution in [2.75, 3.05) is 6.61 Å². The van der Waals surface area contributed by atoms with E-state index in [4.69, 9.17) is 4.74 Å². The van der Waals surface area contributed by atoms with Gasteiger partial charge in [0.05, 0.1) is 24.0 Å². The maximum atomic E-state index is 12.1. The van der Waals surface area contributed by atoms with E-state index in [1.54, 1.807) is 0 Å². The number of ether oxygens (including phenoxy) is 1. The van der Waals surface area contributed by atoms with Crippen molar-refractivity contribution in [3.63, 3.8) is 0 Å². The summed E-state index contributed by atoms with van der Waals surface area (Å²) in [4.78, 5) is 12.1. The largest absolute Gasteiger partial charge is 0.466 e. The molecular weight excluding hydrogens is 262 g/mol. The van der Waals surface area contributed by atoms with Crippen molar-refractivity contribution in [2.45, 2.75) is 51.4 Å². The van der Waals surface area contributed by atoms with Crippen LogP contribution >= 0.6 is 0 Å². The summed E-state index contributed by atoms with van der Waals surface area (Å²) in [5, 5.41) is 9.39. The van der Waals surface area contributed by atoms with Gasteiger partial charge in [-0.05, 0) is 43.2 Å². The van der Waals surface area contributed by atoms with E-state index in [-0.39, 0.29) is 23.2 Å². The Morgan fingerprint density at radius 2 is 1.95 bits per heavy atom. The van der Waals surface area contributed by atoms with E-state index in [0.29, 0.717) is 6.61 Å². The van der Waals surface area contributed by atoms with Crippen LogP contribution in [0.3, 0.4) is 0 Å². The Balaban J connectivity index is 2.24. The predicted molar refractivity (Wildman–Crippen MR) is 81.8 cm³/mol. The molecule has 1 aromatic rings. The lowest BCUT2D eigenvalue weighted by atomic mass is 9.65. The molecule has 1 unspecified atom stereocenters. The monoisotopic (exact) mass is 285 g/mol. The molecule has 1 aliphatic carbocycles. The van der Waals surface area contributed by atoms with Crippen LogP contribution < -0.4 is 0 Å². The number of carbonyl (C=O) groups is 1. The van der Waals surface area contributed by atoms with E-state index in [9.17, 15) is 10.1 Å². The quantitative estimate of drug-likeness (QED) is 0.770. The van der Waals surface area contributed by atoms with Crippen LogP contribution in [-0.2, 0) is 14.9 Å². The minimum absolute atomic E-state index is 0.168. The molecule has 0 radical (unpaired) electrons. The van der Waals surface area contributed by atoms with Crippen LogP contribution in [0.5, 0.6) is 0 Å². The Morgan fingerprint density at radius 1 is 1.33 bits per heavy atom. The van der Waals surface area contributed by atoms with Crippen molar-refractivity contribution >= 4 is 5.97 Å². The first-order valence-corrected chi connectivity index (χ1v) is 7.72. The lowest BCUT2D eigenvalue weighted by molar-refractivity contribution is -0.146. The van der Waals surface area contributed by atoms with Gasteiger partial charge >= 0.3 is 5.97 Å². The highest BCUT2D eigenvalue weighted by Crippen LogP contribution is 2.43. The summed E-state index contributed by atoms with van der Waals surface area (Å²) in [5.41, 5.74) is 1.75. The summed E-state index contributed by atoms with van der Waals surface area (Å²) >= 11 is 0. The molecule has 0 amide bonds. The summed E-state index contributed by atoms with van der Waals surface area (Å²) in [7, 11) is 0. The van der Waals surface area contributed by atoms with Crippen LogP contribution in [0.4, 0.5) is 0 Å². The van der Waals surface area contributed by atoms with Crippen LogP contribution in [0.1, 0.15) is 57.1 Å². The van der Waals surface area contributed by atoms with Crippen molar-refractivity contribution in [2.24, 2.45) is 5.92 Å². The minimum Gasteiger partial charge on any atom is -0.466 e. The second kappa shape index (κ2) is 6.30. The van der Waals surface area contributed by atoms with Gasteiger partial charge in [-0.2, -0.15) is 5.26 Å². The fourth-order valence-corrected chi connectivity index (χ4v) is 3.03. The second-order valence-electron chi connectivity index (χ2n) is 6.14. The lowest BCUT2D eigenvalue weighted by Crippen LogP contribution is -2.32. The maximum Gasteiger partial charge on any atom is 0.313 e. The van der Waals surface area contributed by atoms with Crippen molar-refractivity contribution in [3.05, 3.63) is 35.4 Å². The average molecular weight is 285 g/mol. The standard InChI is InChI=1S/C18H23NO2/c1-4-21-17(20)16(13(2)3)14-6-8-15(9-7-14)18(12-19)10-5-11-18/h6-9,13,16H,4-5,10-11H2,1-3H3. The fourth-order valence-electron chi connectivity index (χ4n) is 3.03. The Hall–Kier alpha value is -1.82. The van der Waals surface area contributed by atoms with Crippen LogP contribution in [0.25, 0.3) is 0 Å². The molecule has 3 heteroatoms. The van der Waals surface area contributed by atoms with Crippen molar-refractivity contribution < 1.29 is 9.53 Å². The number of hydrogen-bond donors (Lipinski definition) is 0. The summed E-state index contributed by atoms with van der Waals surface area (Å²) in [6, 6.07) is 10.4. The van der Waals surface area contributed by atoms with Gasteiger partial charge < -0.3 is 4.74 Å². The van der Waals surface area contributed by atoms with Crippen LogP contribution in [0.2, 0.25) is 0 Å². The van der Waals surface area contributed by atoms with Crippen LogP contribution in [0, 0.1) is 17.2 Å². The summed E-state index contributed by atoms with van der Waals surface area (Å²) in [6.45, 7) is 6.28. The smallest absolute Gasteiger partial charge is 0.313 e. The molecule has 3 nitrogen and oxygen atoms in total. The first kappa shape index (κ1) is 15.6. The molecule has 1 saturated carbocycles. The van der Waals surface area contributed by atoms with Crippen LogP contribution in [0.15, 0.2) is 24.3 Å². The third-order valence-electron chi connectivity index (χ3n) is 4.45. The zero-order chi connectivity index (χ0) is 15.5. The summed E-state index contributed by atoms with van der Waals surface area (Å²) in [6.07, 6.45) is 3.00. The van der Waals surface area contributed by atoms with Gasteiger partial charge in [-0.1, -0.05) is 38.1 Å². The van der Waals surface area contributed by atoms with Gasteiger partial charge in [0.1, 0.15) is 0 Å². The van der Waals surface area contributed by atoms with E-state index in [1.807, 2.05) is 45.0 Å². The highest BCUT2D eigenvalue weighted by atomic mass is 16.5. The Labute approximate surface area is 126 Å². The third kappa shape index (κ3) is 2.95. The lowest BCUT2D eigenvalue weighted by Gasteiger charge is -2.35. The van der Waals surface area contributed by atoms with Gasteiger partial charge in [-0.3, -0.25) is 4.79 Å². The second-order valence-corrected chi connectivity index (χ2v) is 6.14. The number of nitriles is 1. The van der Waals surface area contributed by atoms with E-state index in [2.05, 4.69) is 6.07 Å². The van der Waals surface area contributed by atoms with Crippen molar-refractivity contribution in [1.82, 2.24) is 0 Å². The van der Waals surface area contributed by atoms with Crippen LogP contribution in [-0.4, -0.2) is 12.6 Å². The van der Waals surface area contributed by atoms with Crippen molar-refractivity contribution in [3.8, 4) is 6.07 Å². The van der Waals surface area contributed by atoms with E-state index >= 15 is 0 Å². The molecule has 2 rings (SSSR count). The molecular formula is C18H23NO2. The normalized spacial score (nSPS) is 17.7. The highest BCUT2D eigenvalue weighted by molar-refractivity contribution is 5.78. The molecule has 0 bridgehead atoms. The van der Waals surface area contributed by atoms with Gasteiger partial charge in [-0.25, -0.2) is 0 Å². The molecule has 0 spiro atoms. The summed E-state index contributed by atoms with van der Waals surface area (Å²) < 4.78 is 5.18.